The number of nitrogens with zero attached hydrogens (tertiary/aromatic N) is 1. The lowest BCUT2D eigenvalue weighted by Crippen LogP contribution is -1.88. The van der Waals surface area contributed by atoms with Crippen LogP contribution in [0.15, 0.2) is 67.0 Å². The van der Waals surface area contributed by atoms with Gasteiger partial charge in [0.1, 0.15) is 0 Å². The van der Waals surface area contributed by atoms with Gasteiger partial charge in [-0.05, 0) is 48.4 Å². The molecule has 19 heavy (non-hydrogen) atoms. The molecule has 3 aromatic rings. The second kappa shape index (κ2) is 4.94. The van der Waals surface area contributed by atoms with Crippen molar-refractivity contribution in [2.75, 3.05) is 0 Å². The van der Waals surface area contributed by atoms with Crippen LogP contribution in [0.2, 0.25) is 5.02 Å². The molecule has 0 aliphatic rings. The normalized spacial score (nSPS) is 10.6. The summed E-state index contributed by atoms with van der Waals surface area (Å²) in [6.07, 6.45) is 4.20. The van der Waals surface area contributed by atoms with Crippen LogP contribution < -0.4 is 0 Å². The van der Waals surface area contributed by atoms with Crippen molar-refractivity contribution in [1.82, 2.24) is 4.57 Å². The molecule has 0 atom stereocenters. The zero-order chi connectivity index (χ0) is 13.2. The third-order valence-electron chi connectivity index (χ3n) is 3.20. The molecule has 0 saturated carbocycles. The third kappa shape index (κ3) is 2.56. The highest BCUT2D eigenvalue weighted by atomic mass is 35.5. The van der Waals surface area contributed by atoms with Crippen LogP contribution in [0.25, 0.3) is 16.8 Å². The molecule has 2 aromatic carbocycles. The zero-order valence-electron chi connectivity index (χ0n) is 10.7. The topological polar surface area (TPSA) is 4.93 Å². The van der Waals surface area contributed by atoms with Crippen molar-refractivity contribution in [1.29, 1.82) is 0 Å². The lowest BCUT2D eigenvalue weighted by molar-refractivity contribution is 1.08. The maximum absolute atomic E-state index is 5.91. The van der Waals surface area contributed by atoms with E-state index in [2.05, 4.69) is 54.2 Å². The molecule has 0 unspecified atom stereocenters. The molecular formula is C17H14ClN. The Hall–Kier alpha value is -1.99. The van der Waals surface area contributed by atoms with Gasteiger partial charge in [0, 0.05) is 23.1 Å². The van der Waals surface area contributed by atoms with Crippen LogP contribution >= 0.6 is 11.6 Å². The minimum absolute atomic E-state index is 0.759. The van der Waals surface area contributed by atoms with Crippen molar-refractivity contribution in [2.45, 2.75) is 6.92 Å². The van der Waals surface area contributed by atoms with Gasteiger partial charge in [0.15, 0.2) is 0 Å². The summed E-state index contributed by atoms with van der Waals surface area (Å²) in [5.41, 5.74) is 4.84. The molecule has 0 radical (unpaired) electrons. The molecule has 1 heterocycles. The number of hydrogen-bond acceptors (Lipinski definition) is 0. The summed E-state index contributed by atoms with van der Waals surface area (Å²) in [5, 5.41) is 0.759. The zero-order valence-corrected chi connectivity index (χ0v) is 11.4. The number of aromatic nitrogens is 1. The molecule has 0 fully saturated rings. The van der Waals surface area contributed by atoms with Crippen LogP contribution in [0.4, 0.5) is 0 Å². The van der Waals surface area contributed by atoms with E-state index in [-0.39, 0.29) is 0 Å². The minimum Gasteiger partial charge on any atom is -0.323 e. The fourth-order valence-corrected chi connectivity index (χ4v) is 2.21. The van der Waals surface area contributed by atoms with E-state index >= 15 is 0 Å². The molecule has 0 amide bonds. The van der Waals surface area contributed by atoms with Crippen molar-refractivity contribution in [3.63, 3.8) is 0 Å². The molecule has 0 saturated heterocycles. The molecule has 1 nitrogen and oxygen atoms in total. The first-order chi connectivity index (χ1) is 9.22. The highest BCUT2D eigenvalue weighted by molar-refractivity contribution is 6.30. The number of halogens is 1. The van der Waals surface area contributed by atoms with Gasteiger partial charge < -0.3 is 4.57 Å². The van der Waals surface area contributed by atoms with Crippen LogP contribution in [0, 0.1) is 6.92 Å². The Kier molecular flexibility index (Phi) is 3.14. The Labute approximate surface area is 118 Å². The average Bonchev–Trinajstić information content (AvgIpc) is 2.90. The van der Waals surface area contributed by atoms with E-state index < -0.39 is 0 Å². The first kappa shape index (κ1) is 12.1. The van der Waals surface area contributed by atoms with Crippen LogP contribution in [-0.2, 0) is 0 Å². The molecule has 3 rings (SSSR count). The van der Waals surface area contributed by atoms with Gasteiger partial charge in [-0.1, -0.05) is 41.4 Å². The van der Waals surface area contributed by atoms with E-state index in [1.165, 1.54) is 16.7 Å². The Morgan fingerprint density at radius 3 is 2.16 bits per heavy atom. The van der Waals surface area contributed by atoms with Gasteiger partial charge in [-0.15, -0.1) is 0 Å². The van der Waals surface area contributed by atoms with E-state index in [9.17, 15) is 0 Å². The SMILES string of the molecule is Cc1ccc(-c2ccn(-c3ccc(Cl)cc3)c2)cc1. The Morgan fingerprint density at radius 1 is 0.789 bits per heavy atom. The van der Waals surface area contributed by atoms with Gasteiger partial charge in [-0.2, -0.15) is 0 Å². The highest BCUT2D eigenvalue weighted by Gasteiger charge is 2.01. The van der Waals surface area contributed by atoms with Crippen molar-refractivity contribution < 1.29 is 0 Å². The van der Waals surface area contributed by atoms with Gasteiger partial charge in [0.2, 0.25) is 0 Å². The fourth-order valence-electron chi connectivity index (χ4n) is 2.09. The number of hydrogen-bond donors (Lipinski definition) is 0. The molecule has 0 aliphatic heterocycles. The second-order valence-corrected chi connectivity index (χ2v) is 5.09. The summed E-state index contributed by atoms with van der Waals surface area (Å²) in [6, 6.07) is 18.5. The minimum atomic E-state index is 0.759. The van der Waals surface area contributed by atoms with Gasteiger partial charge in [-0.25, -0.2) is 0 Å². The summed E-state index contributed by atoms with van der Waals surface area (Å²) >= 11 is 5.91. The quantitative estimate of drug-likeness (QED) is 0.608. The Balaban J connectivity index is 1.95. The highest BCUT2D eigenvalue weighted by Crippen LogP contribution is 2.22. The Bertz CT molecular complexity index is 618. The van der Waals surface area contributed by atoms with Crippen LogP contribution in [0.3, 0.4) is 0 Å². The molecule has 94 valence electrons. The van der Waals surface area contributed by atoms with E-state index in [1.807, 2.05) is 24.3 Å². The molecule has 0 bridgehead atoms. The summed E-state index contributed by atoms with van der Waals surface area (Å²) in [6.45, 7) is 2.10. The monoisotopic (exact) mass is 267 g/mol. The van der Waals surface area contributed by atoms with Gasteiger partial charge >= 0.3 is 0 Å². The Morgan fingerprint density at radius 2 is 1.47 bits per heavy atom. The summed E-state index contributed by atoms with van der Waals surface area (Å²) < 4.78 is 2.10. The van der Waals surface area contributed by atoms with E-state index in [0.29, 0.717) is 0 Å². The first-order valence-electron chi connectivity index (χ1n) is 6.23. The number of aryl methyl sites for hydroxylation is 1. The predicted octanol–water partition coefficient (Wildman–Crippen LogP) is 5.11. The summed E-state index contributed by atoms with van der Waals surface area (Å²) in [5.74, 6) is 0. The third-order valence-corrected chi connectivity index (χ3v) is 3.45. The lowest BCUT2D eigenvalue weighted by Gasteiger charge is -2.02. The van der Waals surface area contributed by atoms with Crippen molar-refractivity contribution in [3.05, 3.63) is 77.6 Å². The van der Waals surface area contributed by atoms with Crippen LogP contribution in [0.1, 0.15) is 5.56 Å². The van der Waals surface area contributed by atoms with E-state index in [1.54, 1.807) is 0 Å². The standard InChI is InChI=1S/C17H14ClN/c1-13-2-4-14(5-3-13)15-10-11-19(12-15)17-8-6-16(18)7-9-17/h2-12H,1H3. The molecule has 0 aliphatic carbocycles. The van der Waals surface area contributed by atoms with Gasteiger partial charge in [-0.3, -0.25) is 0 Å². The summed E-state index contributed by atoms with van der Waals surface area (Å²) in [7, 11) is 0. The largest absolute Gasteiger partial charge is 0.323 e. The van der Waals surface area contributed by atoms with Crippen molar-refractivity contribution >= 4 is 11.6 Å². The lowest BCUT2D eigenvalue weighted by atomic mass is 10.1. The fraction of sp³-hybridized carbons (Fsp3) is 0.0588. The van der Waals surface area contributed by atoms with Crippen molar-refractivity contribution in [2.24, 2.45) is 0 Å². The molecule has 1 aromatic heterocycles. The maximum Gasteiger partial charge on any atom is 0.0450 e. The van der Waals surface area contributed by atoms with Gasteiger partial charge in [0.25, 0.3) is 0 Å². The maximum atomic E-state index is 5.91. The van der Waals surface area contributed by atoms with Crippen LogP contribution in [-0.4, -0.2) is 4.57 Å². The molecule has 0 spiro atoms. The summed E-state index contributed by atoms with van der Waals surface area (Å²) in [4.78, 5) is 0. The molecule has 0 N–H and O–H groups in total. The second-order valence-electron chi connectivity index (χ2n) is 4.65. The van der Waals surface area contributed by atoms with E-state index in [0.717, 1.165) is 10.7 Å². The molecular weight excluding hydrogens is 254 g/mol. The predicted molar refractivity (Wildman–Crippen MR) is 81.0 cm³/mol. The first-order valence-corrected chi connectivity index (χ1v) is 6.61. The van der Waals surface area contributed by atoms with Gasteiger partial charge in [0.05, 0.1) is 0 Å². The van der Waals surface area contributed by atoms with Crippen molar-refractivity contribution in [3.8, 4) is 16.8 Å². The number of rotatable bonds is 2. The number of benzene rings is 2. The van der Waals surface area contributed by atoms with Crippen LogP contribution in [0.5, 0.6) is 0 Å². The average molecular weight is 268 g/mol. The smallest absolute Gasteiger partial charge is 0.0450 e. The van der Waals surface area contributed by atoms with E-state index in [4.69, 9.17) is 11.6 Å². The molecule has 2 heteroatoms.